The number of fused-ring (bicyclic) bond motifs is 1. The molecule has 20 heavy (non-hydrogen) atoms. The van der Waals surface area contributed by atoms with E-state index >= 15 is 0 Å². The Labute approximate surface area is 114 Å². The maximum atomic E-state index is 13.7. The molecule has 1 saturated heterocycles. The number of non-ortho nitro benzene ring substituents is 1. The third-order valence-corrected chi connectivity index (χ3v) is 5.29. The van der Waals surface area contributed by atoms with E-state index in [2.05, 4.69) is 10.0 Å². The molecule has 0 amide bonds. The Morgan fingerprint density at radius 3 is 2.55 bits per heavy atom. The van der Waals surface area contributed by atoms with Gasteiger partial charge in [-0.15, -0.1) is 0 Å². The van der Waals surface area contributed by atoms with E-state index in [9.17, 15) is 22.9 Å². The topological polar surface area (TPSA) is 101 Å². The molecule has 2 aliphatic rings. The van der Waals surface area contributed by atoms with Crippen LogP contribution in [0, 0.1) is 27.8 Å². The number of benzene rings is 1. The minimum atomic E-state index is -3.99. The average Bonchev–Trinajstić information content (AvgIpc) is 2.82. The first-order valence-corrected chi connectivity index (χ1v) is 7.55. The van der Waals surface area contributed by atoms with Crippen molar-refractivity contribution in [3.8, 4) is 0 Å². The van der Waals surface area contributed by atoms with Gasteiger partial charge in [0.15, 0.2) is 0 Å². The number of hydrogen-bond acceptors (Lipinski definition) is 5. The number of nitrogens with one attached hydrogen (secondary N) is 2. The van der Waals surface area contributed by atoms with Crippen molar-refractivity contribution in [3.05, 3.63) is 34.1 Å². The van der Waals surface area contributed by atoms with Crippen molar-refractivity contribution in [1.82, 2.24) is 10.0 Å². The summed E-state index contributed by atoms with van der Waals surface area (Å²) in [6, 6.07) is 2.35. The van der Waals surface area contributed by atoms with Crippen LogP contribution in [0.3, 0.4) is 0 Å². The molecule has 1 heterocycles. The number of nitro benzene ring substituents is 1. The highest BCUT2D eigenvalue weighted by atomic mass is 32.2. The predicted octanol–water partition coefficient (Wildman–Crippen LogP) is 0.230. The van der Waals surface area contributed by atoms with Gasteiger partial charge in [0.25, 0.3) is 5.69 Å². The van der Waals surface area contributed by atoms with Crippen LogP contribution in [-0.2, 0) is 10.0 Å². The van der Waals surface area contributed by atoms with Gasteiger partial charge < -0.3 is 5.32 Å². The fourth-order valence-corrected chi connectivity index (χ4v) is 4.05. The fourth-order valence-electron chi connectivity index (χ4n) is 2.66. The van der Waals surface area contributed by atoms with E-state index in [0.29, 0.717) is 6.07 Å². The van der Waals surface area contributed by atoms with Crippen molar-refractivity contribution < 1.29 is 17.7 Å². The molecule has 0 bridgehead atoms. The monoisotopic (exact) mass is 301 g/mol. The summed E-state index contributed by atoms with van der Waals surface area (Å²) in [5.41, 5.74) is -0.478. The second kappa shape index (κ2) is 4.47. The Morgan fingerprint density at radius 1 is 1.35 bits per heavy atom. The summed E-state index contributed by atoms with van der Waals surface area (Å²) in [6.45, 7) is 1.50. The van der Waals surface area contributed by atoms with Gasteiger partial charge in [-0.3, -0.25) is 10.1 Å². The van der Waals surface area contributed by atoms with E-state index in [4.69, 9.17) is 0 Å². The lowest BCUT2D eigenvalue weighted by molar-refractivity contribution is -0.385. The normalized spacial score (nSPS) is 28.1. The highest BCUT2D eigenvalue weighted by molar-refractivity contribution is 7.89. The zero-order valence-corrected chi connectivity index (χ0v) is 11.1. The van der Waals surface area contributed by atoms with E-state index in [1.54, 1.807) is 0 Å². The van der Waals surface area contributed by atoms with Crippen LogP contribution in [0.2, 0.25) is 0 Å². The van der Waals surface area contributed by atoms with E-state index < -0.39 is 31.3 Å². The summed E-state index contributed by atoms with van der Waals surface area (Å²) >= 11 is 0. The summed E-state index contributed by atoms with van der Waals surface area (Å²) in [5.74, 6) is -0.604. The van der Waals surface area contributed by atoms with Crippen molar-refractivity contribution >= 4 is 15.7 Å². The maximum absolute atomic E-state index is 13.7. The van der Waals surface area contributed by atoms with E-state index in [1.165, 1.54) is 0 Å². The van der Waals surface area contributed by atoms with Gasteiger partial charge in [0, 0.05) is 12.1 Å². The molecule has 3 rings (SSSR count). The van der Waals surface area contributed by atoms with Crippen LogP contribution in [-0.4, -0.2) is 32.5 Å². The molecule has 1 aromatic rings. The Hall–Kier alpha value is -1.58. The molecule has 0 aromatic heterocycles. The van der Waals surface area contributed by atoms with Crippen molar-refractivity contribution in [2.45, 2.75) is 10.9 Å². The number of halogens is 1. The maximum Gasteiger partial charge on any atom is 0.272 e. The highest BCUT2D eigenvalue weighted by Crippen LogP contribution is 2.42. The van der Waals surface area contributed by atoms with E-state index in [-0.39, 0.29) is 17.9 Å². The molecule has 1 aromatic carbocycles. The number of sulfonamides is 1. The second-order valence-corrected chi connectivity index (χ2v) is 6.69. The van der Waals surface area contributed by atoms with Gasteiger partial charge >= 0.3 is 0 Å². The third-order valence-electron chi connectivity index (χ3n) is 3.80. The van der Waals surface area contributed by atoms with Gasteiger partial charge in [0.05, 0.1) is 11.0 Å². The molecule has 2 fully saturated rings. The Morgan fingerprint density at radius 2 is 2.00 bits per heavy atom. The van der Waals surface area contributed by atoms with Crippen molar-refractivity contribution in [1.29, 1.82) is 0 Å². The molecule has 2 unspecified atom stereocenters. The van der Waals surface area contributed by atoms with E-state index in [1.807, 2.05) is 0 Å². The minimum Gasteiger partial charge on any atom is -0.316 e. The van der Waals surface area contributed by atoms with Crippen molar-refractivity contribution in [2.75, 3.05) is 13.1 Å². The quantitative estimate of drug-likeness (QED) is 0.612. The van der Waals surface area contributed by atoms with Crippen LogP contribution in [0.15, 0.2) is 23.1 Å². The zero-order chi connectivity index (χ0) is 14.5. The standard InChI is InChI=1S/C11H12FN3O4S/c12-9-3-6(15(16)17)1-2-10(9)20(18,19)14-11-7-4-13-5-8(7)11/h1-3,7-8,11,13-14H,4-5H2. The molecule has 108 valence electrons. The summed E-state index contributed by atoms with van der Waals surface area (Å²) in [5, 5.41) is 13.6. The second-order valence-electron chi connectivity index (χ2n) is 5.00. The largest absolute Gasteiger partial charge is 0.316 e. The van der Waals surface area contributed by atoms with Crippen LogP contribution in [0.4, 0.5) is 10.1 Å². The molecule has 0 spiro atoms. The van der Waals surface area contributed by atoms with Crippen LogP contribution < -0.4 is 10.0 Å². The summed E-state index contributed by atoms with van der Waals surface area (Å²) < 4.78 is 40.3. The van der Waals surface area contributed by atoms with Gasteiger partial charge in [-0.1, -0.05) is 0 Å². The molecule has 0 radical (unpaired) electrons. The summed E-state index contributed by atoms with van der Waals surface area (Å²) in [4.78, 5) is 9.17. The number of nitrogens with zero attached hydrogens (tertiary/aromatic N) is 1. The van der Waals surface area contributed by atoms with Crippen molar-refractivity contribution in [2.24, 2.45) is 11.8 Å². The molecule has 1 aliphatic heterocycles. The third kappa shape index (κ3) is 2.17. The molecular weight excluding hydrogens is 289 g/mol. The molecular formula is C11H12FN3O4S. The predicted molar refractivity (Wildman–Crippen MR) is 67.0 cm³/mol. The molecule has 2 atom stereocenters. The van der Waals surface area contributed by atoms with Crippen LogP contribution in [0.1, 0.15) is 0 Å². The number of nitro groups is 1. The first-order chi connectivity index (χ1) is 9.40. The molecule has 1 saturated carbocycles. The summed E-state index contributed by atoms with van der Waals surface area (Å²) in [6.07, 6.45) is 0. The minimum absolute atomic E-state index is 0.171. The Kier molecular flexibility index (Phi) is 3.00. The first kappa shape index (κ1) is 13.4. The van der Waals surface area contributed by atoms with Crippen LogP contribution >= 0.6 is 0 Å². The summed E-state index contributed by atoms with van der Waals surface area (Å²) in [7, 11) is -3.99. The van der Waals surface area contributed by atoms with Gasteiger partial charge in [0.2, 0.25) is 10.0 Å². The van der Waals surface area contributed by atoms with Crippen LogP contribution in [0.25, 0.3) is 0 Å². The molecule has 7 nitrogen and oxygen atoms in total. The SMILES string of the molecule is O=[N+]([O-])c1ccc(S(=O)(=O)NC2C3CNCC32)c(F)c1. The molecule has 1 aliphatic carbocycles. The fraction of sp³-hybridized carbons (Fsp3) is 0.455. The average molecular weight is 301 g/mol. The lowest BCUT2D eigenvalue weighted by Crippen LogP contribution is -2.33. The Bertz CT molecular complexity index is 668. The van der Waals surface area contributed by atoms with Gasteiger partial charge in [-0.05, 0) is 31.0 Å². The Balaban J connectivity index is 1.82. The number of hydrogen-bond donors (Lipinski definition) is 2. The lowest BCUT2D eigenvalue weighted by Gasteiger charge is -2.09. The van der Waals surface area contributed by atoms with Gasteiger partial charge in [0.1, 0.15) is 10.7 Å². The lowest BCUT2D eigenvalue weighted by atomic mass is 10.3. The van der Waals surface area contributed by atoms with Crippen LogP contribution in [0.5, 0.6) is 0 Å². The smallest absolute Gasteiger partial charge is 0.272 e. The van der Waals surface area contributed by atoms with Crippen molar-refractivity contribution in [3.63, 3.8) is 0 Å². The highest BCUT2D eigenvalue weighted by Gasteiger charge is 2.54. The zero-order valence-electron chi connectivity index (χ0n) is 10.2. The van der Waals surface area contributed by atoms with Gasteiger partial charge in [-0.2, -0.15) is 0 Å². The number of rotatable bonds is 4. The van der Waals surface area contributed by atoms with E-state index in [0.717, 1.165) is 25.2 Å². The van der Waals surface area contributed by atoms with Gasteiger partial charge in [-0.25, -0.2) is 17.5 Å². The number of piperidine rings is 1. The molecule has 2 N–H and O–H groups in total. The first-order valence-electron chi connectivity index (χ1n) is 6.07. The molecule has 9 heteroatoms.